The van der Waals surface area contributed by atoms with Crippen LogP contribution in [0.25, 0.3) is 0 Å². The lowest BCUT2D eigenvalue weighted by Gasteiger charge is -2.30. The van der Waals surface area contributed by atoms with Crippen LogP contribution in [0.4, 0.5) is 0 Å². The summed E-state index contributed by atoms with van der Waals surface area (Å²) in [4.78, 5) is 8.83. The molecule has 0 saturated carbocycles. The molecule has 0 amide bonds. The van der Waals surface area contributed by atoms with E-state index in [0.29, 0.717) is 30.6 Å². The number of halogens is 1. The van der Waals surface area contributed by atoms with E-state index in [1.807, 2.05) is 30.5 Å². The highest BCUT2D eigenvalue weighted by Crippen LogP contribution is 2.30. The van der Waals surface area contributed by atoms with Gasteiger partial charge in [0.1, 0.15) is 33.7 Å². The van der Waals surface area contributed by atoms with Gasteiger partial charge in [0.25, 0.3) is 9.05 Å². The van der Waals surface area contributed by atoms with Crippen LogP contribution in [-0.2, 0) is 19.1 Å². The molecule has 4 aromatic heterocycles. The van der Waals surface area contributed by atoms with Gasteiger partial charge in [0.05, 0.1) is 0 Å². The van der Waals surface area contributed by atoms with Gasteiger partial charge in [-0.15, -0.1) is 0 Å². The molecule has 43 heavy (non-hydrogen) atoms. The molecule has 0 atom stereocenters. The average Bonchev–Trinajstić information content (AvgIpc) is 3.68. The first-order valence-electron chi connectivity index (χ1n) is 13.9. The zero-order valence-electron chi connectivity index (χ0n) is 24.0. The van der Waals surface area contributed by atoms with Gasteiger partial charge in [-0.2, -0.15) is 4.31 Å². The Kier molecular flexibility index (Phi) is 11.4. The Labute approximate surface area is 256 Å². The van der Waals surface area contributed by atoms with Crippen LogP contribution in [-0.4, -0.2) is 67.6 Å². The summed E-state index contributed by atoms with van der Waals surface area (Å²) in [6, 6.07) is 12.0. The summed E-state index contributed by atoms with van der Waals surface area (Å²) in [5.74, 6) is 1.01. The van der Waals surface area contributed by atoms with Crippen molar-refractivity contribution in [1.82, 2.24) is 29.9 Å². The van der Waals surface area contributed by atoms with Crippen molar-refractivity contribution in [3.8, 4) is 0 Å². The Hall–Kier alpha value is -3.17. The van der Waals surface area contributed by atoms with E-state index in [-0.39, 0.29) is 15.5 Å². The van der Waals surface area contributed by atoms with Crippen LogP contribution in [0.3, 0.4) is 0 Å². The molecule has 4 aromatic rings. The minimum absolute atomic E-state index is 0.0748. The molecule has 0 radical (unpaired) electrons. The smallest absolute Gasteiger partial charge is 0.266 e. The van der Waals surface area contributed by atoms with E-state index < -0.39 is 19.1 Å². The summed E-state index contributed by atoms with van der Waals surface area (Å²) in [6.45, 7) is 6.40. The highest BCUT2D eigenvalue weighted by molar-refractivity contribution is 8.13. The fraction of sp³-hybridized carbons (Fsp3) is 0.429. The number of hydrogen-bond donors (Lipinski definition) is 1. The predicted molar refractivity (Wildman–Crippen MR) is 160 cm³/mol. The molecule has 0 aromatic carbocycles. The zero-order valence-corrected chi connectivity index (χ0v) is 26.4. The lowest BCUT2D eigenvalue weighted by molar-refractivity contribution is 0.316. The first-order chi connectivity index (χ1) is 20.6. The molecule has 15 heteroatoms. The molecule has 0 bridgehead atoms. The molecule has 0 unspecified atom stereocenters. The van der Waals surface area contributed by atoms with Gasteiger partial charge in [-0.1, -0.05) is 22.4 Å². The second-order valence-electron chi connectivity index (χ2n) is 10.2. The number of hydrogen-bond acceptors (Lipinski definition) is 11. The molecule has 6 heterocycles. The third kappa shape index (κ3) is 8.92. The Morgan fingerprint density at radius 2 is 1.26 bits per heavy atom. The lowest BCUT2D eigenvalue weighted by Crippen LogP contribution is -2.38. The standard InChI is InChI=1S/C14H17N3O3S.C10H14N2.C4H4ClNO3S/c1-11-14(10-20-16-11)21(18,19)17-8-5-12(6-9-17)13-4-2-3-7-15-13;1-2-6-12-10(3-1)9-4-7-11-8-5-9;1-3-4(2-9-6-3)10(5,7)8/h2-4,7,10,12H,5-6,8-9H2,1H3;1-3,6,9,11H,4-5,7-8H2;2H,1H3. The van der Waals surface area contributed by atoms with E-state index in [1.165, 1.54) is 36.0 Å². The Bertz CT molecular complexity index is 1630. The van der Waals surface area contributed by atoms with Crippen LogP contribution in [0.1, 0.15) is 60.3 Å². The molecule has 0 spiro atoms. The Balaban J connectivity index is 0.000000163. The van der Waals surface area contributed by atoms with Crippen molar-refractivity contribution >= 4 is 29.8 Å². The van der Waals surface area contributed by atoms with Crippen LogP contribution < -0.4 is 5.32 Å². The number of aryl methyl sites for hydroxylation is 2. The molecule has 12 nitrogen and oxygen atoms in total. The maximum absolute atomic E-state index is 12.5. The van der Waals surface area contributed by atoms with E-state index in [1.54, 1.807) is 13.1 Å². The molecule has 2 aliphatic heterocycles. The van der Waals surface area contributed by atoms with Crippen molar-refractivity contribution in [3.05, 3.63) is 84.1 Å². The third-order valence-corrected chi connectivity index (χ3v) is 10.7. The van der Waals surface area contributed by atoms with E-state index in [4.69, 9.17) is 15.2 Å². The van der Waals surface area contributed by atoms with Crippen LogP contribution in [0.5, 0.6) is 0 Å². The van der Waals surface area contributed by atoms with Gasteiger partial charge < -0.3 is 14.4 Å². The fourth-order valence-corrected chi connectivity index (χ4v) is 7.47. The second-order valence-corrected chi connectivity index (χ2v) is 14.6. The van der Waals surface area contributed by atoms with Crippen molar-refractivity contribution in [2.75, 3.05) is 26.2 Å². The summed E-state index contributed by atoms with van der Waals surface area (Å²) in [7, 11) is -2.20. The summed E-state index contributed by atoms with van der Waals surface area (Å²) in [5.41, 5.74) is 2.98. The number of nitrogens with one attached hydrogen (secondary N) is 1. The second kappa shape index (κ2) is 15.0. The van der Waals surface area contributed by atoms with Crippen molar-refractivity contribution in [1.29, 1.82) is 0 Å². The van der Waals surface area contributed by atoms with Crippen molar-refractivity contribution in [2.45, 2.75) is 61.2 Å². The lowest BCUT2D eigenvalue weighted by atomic mass is 9.94. The first kappa shape index (κ1) is 32.7. The maximum Gasteiger partial charge on any atom is 0.266 e. The van der Waals surface area contributed by atoms with Gasteiger partial charge >= 0.3 is 0 Å². The zero-order chi connectivity index (χ0) is 30.9. The van der Waals surface area contributed by atoms with Gasteiger partial charge in [-0.3, -0.25) is 9.97 Å². The largest absolute Gasteiger partial charge is 0.363 e. The SMILES string of the molecule is Cc1nocc1S(=O)(=O)Cl.Cc1nocc1S(=O)(=O)N1CCC(c2ccccn2)CC1.c1ccc(C2CCNCC2)nc1. The van der Waals surface area contributed by atoms with Crippen LogP contribution in [0, 0.1) is 13.8 Å². The molecule has 232 valence electrons. The molecule has 2 fully saturated rings. The van der Waals surface area contributed by atoms with Crippen molar-refractivity contribution < 1.29 is 25.9 Å². The summed E-state index contributed by atoms with van der Waals surface area (Å²) < 4.78 is 56.8. The van der Waals surface area contributed by atoms with Gasteiger partial charge in [0.15, 0.2) is 0 Å². The summed E-state index contributed by atoms with van der Waals surface area (Å²) in [5, 5.41) is 10.4. The fourth-order valence-electron chi connectivity index (χ4n) is 4.93. The maximum atomic E-state index is 12.5. The van der Waals surface area contributed by atoms with E-state index in [9.17, 15) is 16.8 Å². The van der Waals surface area contributed by atoms with Crippen LogP contribution in [0.15, 0.2) is 80.2 Å². The van der Waals surface area contributed by atoms with Crippen LogP contribution in [0.2, 0.25) is 0 Å². The highest BCUT2D eigenvalue weighted by atomic mass is 35.7. The number of pyridine rings is 2. The first-order valence-corrected chi connectivity index (χ1v) is 17.6. The van der Waals surface area contributed by atoms with E-state index in [2.05, 4.69) is 42.3 Å². The number of nitrogens with zero attached hydrogens (tertiary/aromatic N) is 5. The number of piperidine rings is 2. The topological polar surface area (TPSA) is 161 Å². The van der Waals surface area contributed by atoms with Gasteiger partial charge in [-0.25, -0.2) is 16.8 Å². The monoisotopic (exact) mass is 650 g/mol. The number of sulfonamides is 1. The Morgan fingerprint density at radius 3 is 1.65 bits per heavy atom. The molecular weight excluding hydrogens is 616 g/mol. The Morgan fingerprint density at radius 1 is 0.767 bits per heavy atom. The van der Waals surface area contributed by atoms with E-state index >= 15 is 0 Å². The molecular formula is C28H35ClN6O6S2. The number of aromatic nitrogens is 4. The van der Waals surface area contributed by atoms with Crippen molar-refractivity contribution in [3.63, 3.8) is 0 Å². The summed E-state index contributed by atoms with van der Waals surface area (Å²) >= 11 is 0. The van der Waals surface area contributed by atoms with Crippen LogP contribution >= 0.6 is 10.7 Å². The molecule has 2 saturated heterocycles. The predicted octanol–water partition coefficient (Wildman–Crippen LogP) is 4.41. The molecule has 6 rings (SSSR count). The third-order valence-electron chi connectivity index (χ3n) is 7.30. The van der Waals surface area contributed by atoms with Gasteiger partial charge in [-0.05, 0) is 76.9 Å². The van der Waals surface area contributed by atoms with Gasteiger partial charge in [0, 0.05) is 59.4 Å². The normalized spacial score (nSPS) is 16.9. The average molecular weight is 651 g/mol. The summed E-state index contributed by atoms with van der Waals surface area (Å²) in [6.07, 6.45) is 9.89. The minimum Gasteiger partial charge on any atom is -0.363 e. The van der Waals surface area contributed by atoms with E-state index in [0.717, 1.165) is 37.9 Å². The highest BCUT2D eigenvalue weighted by Gasteiger charge is 2.32. The van der Waals surface area contributed by atoms with Crippen molar-refractivity contribution in [2.24, 2.45) is 0 Å². The number of rotatable bonds is 5. The minimum atomic E-state index is -3.67. The molecule has 0 aliphatic carbocycles. The quantitative estimate of drug-likeness (QED) is 0.305. The van der Waals surface area contributed by atoms with Gasteiger partial charge in [0.2, 0.25) is 10.0 Å². The molecule has 2 aliphatic rings. The molecule has 1 N–H and O–H groups in total.